The Bertz CT molecular complexity index is 1180. The quantitative estimate of drug-likeness (QED) is 0.324. The van der Waals surface area contributed by atoms with E-state index < -0.39 is 0 Å². The number of ether oxygens (including phenoxy) is 1. The highest BCUT2D eigenvalue weighted by molar-refractivity contribution is 9.10. The van der Waals surface area contributed by atoms with E-state index in [0.29, 0.717) is 11.3 Å². The van der Waals surface area contributed by atoms with Gasteiger partial charge in [-0.15, -0.1) is 11.3 Å². The fourth-order valence-corrected chi connectivity index (χ4v) is 4.93. The zero-order valence-corrected chi connectivity index (χ0v) is 16.6. The van der Waals surface area contributed by atoms with Crippen molar-refractivity contribution in [3.05, 3.63) is 74.1 Å². The van der Waals surface area contributed by atoms with Gasteiger partial charge in [0.05, 0.1) is 21.7 Å². The fraction of sp³-hybridized carbons (Fsp3) is 0.143. The maximum atomic E-state index is 14.9. The summed E-state index contributed by atoms with van der Waals surface area (Å²) in [7, 11) is 0. The summed E-state index contributed by atoms with van der Waals surface area (Å²) in [6.07, 6.45) is -0.295. The SMILES string of the molecule is Cc1cc(F)c2c(c1)OC(c1ccc(C)s1)n1c-2cc2cc(Br)ccc21. The maximum Gasteiger partial charge on any atom is 0.212 e. The van der Waals surface area contributed by atoms with Gasteiger partial charge in [0, 0.05) is 14.7 Å². The molecule has 1 aliphatic rings. The molecule has 3 heterocycles. The van der Waals surface area contributed by atoms with Crippen LogP contribution in [0, 0.1) is 19.7 Å². The molecular formula is C21H15BrFNOS. The van der Waals surface area contributed by atoms with Crippen molar-refractivity contribution in [2.75, 3.05) is 0 Å². The first-order valence-corrected chi connectivity index (χ1v) is 9.96. The van der Waals surface area contributed by atoms with Gasteiger partial charge < -0.3 is 4.74 Å². The predicted molar refractivity (Wildman–Crippen MR) is 108 cm³/mol. The highest BCUT2D eigenvalue weighted by Crippen LogP contribution is 2.46. The van der Waals surface area contributed by atoms with Gasteiger partial charge in [0.1, 0.15) is 11.6 Å². The highest BCUT2D eigenvalue weighted by Gasteiger charge is 2.31. The number of benzene rings is 2. The van der Waals surface area contributed by atoms with E-state index in [1.807, 2.05) is 25.1 Å². The summed E-state index contributed by atoms with van der Waals surface area (Å²) in [4.78, 5) is 2.34. The summed E-state index contributed by atoms with van der Waals surface area (Å²) in [5.74, 6) is 0.358. The van der Waals surface area contributed by atoms with Gasteiger partial charge in [0.2, 0.25) is 6.23 Å². The average Bonchev–Trinajstić information content (AvgIpc) is 3.16. The Morgan fingerprint density at radius 3 is 2.69 bits per heavy atom. The first-order valence-electron chi connectivity index (χ1n) is 8.35. The minimum atomic E-state index is -0.295. The van der Waals surface area contributed by atoms with Gasteiger partial charge in [-0.25, -0.2) is 4.39 Å². The lowest BCUT2D eigenvalue weighted by molar-refractivity contribution is 0.176. The van der Waals surface area contributed by atoms with Crippen molar-refractivity contribution in [3.63, 3.8) is 0 Å². The van der Waals surface area contributed by atoms with Gasteiger partial charge in [-0.05, 0) is 67.9 Å². The highest BCUT2D eigenvalue weighted by atomic mass is 79.9. The lowest BCUT2D eigenvalue weighted by atomic mass is 10.1. The fourth-order valence-electron chi connectivity index (χ4n) is 3.65. The molecule has 26 heavy (non-hydrogen) atoms. The molecule has 0 saturated carbocycles. The van der Waals surface area contributed by atoms with Crippen molar-refractivity contribution in [2.45, 2.75) is 20.1 Å². The molecule has 0 spiro atoms. The largest absolute Gasteiger partial charge is 0.464 e. The van der Waals surface area contributed by atoms with Gasteiger partial charge in [0.25, 0.3) is 0 Å². The van der Waals surface area contributed by atoms with Crippen molar-refractivity contribution in [2.24, 2.45) is 0 Å². The molecule has 5 rings (SSSR count). The van der Waals surface area contributed by atoms with Crippen LogP contribution in [0.1, 0.15) is 21.5 Å². The molecule has 2 aromatic heterocycles. The number of fused-ring (bicyclic) bond motifs is 5. The Morgan fingerprint density at radius 1 is 1.08 bits per heavy atom. The van der Waals surface area contributed by atoms with Crippen LogP contribution in [-0.4, -0.2) is 4.57 Å². The average molecular weight is 428 g/mol. The predicted octanol–water partition coefficient (Wildman–Crippen LogP) is 6.83. The van der Waals surface area contributed by atoms with Crippen LogP contribution in [0.5, 0.6) is 5.75 Å². The van der Waals surface area contributed by atoms with E-state index in [2.05, 4.69) is 51.7 Å². The minimum Gasteiger partial charge on any atom is -0.464 e. The van der Waals surface area contributed by atoms with E-state index in [1.54, 1.807) is 17.4 Å². The summed E-state index contributed by atoms with van der Waals surface area (Å²) in [6.45, 7) is 3.97. The van der Waals surface area contributed by atoms with Crippen LogP contribution in [0.2, 0.25) is 0 Å². The van der Waals surface area contributed by atoms with Crippen molar-refractivity contribution in [3.8, 4) is 17.0 Å². The van der Waals surface area contributed by atoms with Crippen LogP contribution in [0.25, 0.3) is 22.2 Å². The third kappa shape index (κ3) is 2.34. The minimum absolute atomic E-state index is 0.246. The summed E-state index contributed by atoms with van der Waals surface area (Å²) in [5, 5.41) is 1.06. The molecule has 0 N–H and O–H groups in total. The molecule has 0 bridgehead atoms. The lowest BCUT2D eigenvalue weighted by Gasteiger charge is -2.29. The van der Waals surface area contributed by atoms with E-state index in [9.17, 15) is 4.39 Å². The molecule has 2 aromatic carbocycles. The molecule has 1 unspecified atom stereocenters. The van der Waals surface area contributed by atoms with Gasteiger partial charge >= 0.3 is 0 Å². The Morgan fingerprint density at radius 2 is 1.92 bits per heavy atom. The second-order valence-corrected chi connectivity index (χ2v) is 8.88. The Balaban J connectivity index is 1.86. The van der Waals surface area contributed by atoms with Crippen LogP contribution in [0.3, 0.4) is 0 Å². The molecule has 1 aliphatic heterocycles. The summed E-state index contributed by atoms with van der Waals surface area (Å²) in [6, 6.07) is 15.8. The summed E-state index contributed by atoms with van der Waals surface area (Å²) < 4.78 is 24.3. The number of aryl methyl sites for hydroxylation is 2. The third-order valence-corrected chi connectivity index (χ3v) is 6.26. The molecule has 2 nitrogen and oxygen atoms in total. The lowest BCUT2D eigenvalue weighted by Crippen LogP contribution is -2.22. The number of thiophene rings is 1. The van der Waals surface area contributed by atoms with Gasteiger partial charge in [0.15, 0.2) is 0 Å². The molecular weight excluding hydrogens is 413 g/mol. The van der Waals surface area contributed by atoms with Crippen LogP contribution >= 0.6 is 27.3 Å². The first kappa shape index (κ1) is 16.1. The van der Waals surface area contributed by atoms with Crippen LogP contribution < -0.4 is 4.74 Å². The molecule has 130 valence electrons. The number of hydrogen-bond donors (Lipinski definition) is 0. The first-order chi connectivity index (χ1) is 12.5. The molecule has 5 heteroatoms. The molecule has 0 fully saturated rings. The molecule has 0 radical (unpaired) electrons. The van der Waals surface area contributed by atoms with Crippen molar-refractivity contribution in [1.82, 2.24) is 4.57 Å². The van der Waals surface area contributed by atoms with E-state index in [4.69, 9.17) is 4.74 Å². The number of hydrogen-bond acceptors (Lipinski definition) is 2. The van der Waals surface area contributed by atoms with E-state index >= 15 is 0 Å². The van der Waals surface area contributed by atoms with Crippen LogP contribution in [-0.2, 0) is 0 Å². The second kappa shape index (κ2) is 5.69. The van der Waals surface area contributed by atoms with Gasteiger partial charge in [-0.2, -0.15) is 0 Å². The number of nitrogens with zero attached hydrogens (tertiary/aromatic N) is 1. The van der Waals surface area contributed by atoms with Crippen molar-refractivity contribution >= 4 is 38.2 Å². The number of rotatable bonds is 1. The molecule has 1 atom stereocenters. The van der Waals surface area contributed by atoms with Gasteiger partial charge in [-0.3, -0.25) is 4.57 Å². The van der Waals surface area contributed by atoms with E-state index in [0.717, 1.165) is 31.5 Å². The van der Waals surface area contributed by atoms with Crippen molar-refractivity contribution in [1.29, 1.82) is 0 Å². The smallest absolute Gasteiger partial charge is 0.212 e. The zero-order valence-electron chi connectivity index (χ0n) is 14.2. The van der Waals surface area contributed by atoms with Crippen LogP contribution in [0.15, 0.2) is 53.0 Å². The number of aromatic nitrogens is 1. The summed E-state index contributed by atoms with van der Waals surface area (Å²) >= 11 is 5.24. The maximum absolute atomic E-state index is 14.9. The van der Waals surface area contributed by atoms with E-state index in [-0.39, 0.29) is 12.0 Å². The zero-order chi connectivity index (χ0) is 18.0. The van der Waals surface area contributed by atoms with Gasteiger partial charge in [-0.1, -0.05) is 15.9 Å². The second-order valence-electron chi connectivity index (χ2n) is 6.64. The topological polar surface area (TPSA) is 14.2 Å². The third-order valence-electron chi connectivity index (χ3n) is 4.73. The molecule has 0 amide bonds. The van der Waals surface area contributed by atoms with Crippen molar-refractivity contribution < 1.29 is 9.13 Å². The van der Waals surface area contributed by atoms with E-state index in [1.165, 1.54) is 4.88 Å². The summed E-state index contributed by atoms with van der Waals surface area (Å²) in [5.41, 5.74) is 3.28. The Labute approximate surface area is 163 Å². The van der Waals surface area contributed by atoms with Crippen LogP contribution in [0.4, 0.5) is 4.39 Å². The molecule has 0 aliphatic carbocycles. The Kier molecular flexibility index (Phi) is 3.52. The number of halogens is 2. The molecule has 0 saturated heterocycles. The monoisotopic (exact) mass is 427 g/mol. The standard InChI is InChI=1S/C21H15BrFNOS/c1-11-7-15(23)20-17-10-13-9-14(22)4-5-16(13)24(17)21(25-18(20)8-11)19-6-3-12(2)26-19/h3-10,21H,1-2H3. The normalized spacial score (nSPS) is 15.6. The molecule has 4 aromatic rings. The Hall–Kier alpha value is -2.11.